The second-order valence-electron chi connectivity index (χ2n) is 4.98. The number of nitrogens with zero attached hydrogens (tertiary/aromatic N) is 2. The summed E-state index contributed by atoms with van der Waals surface area (Å²) in [7, 11) is 0. The molecular weight excluding hydrogens is 334 g/mol. The van der Waals surface area contributed by atoms with Crippen molar-refractivity contribution in [2.45, 2.75) is 0 Å². The van der Waals surface area contributed by atoms with E-state index in [1.807, 2.05) is 17.5 Å². The number of thiophene rings is 1. The fourth-order valence-corrected chi connectivity index (χ4v) is 3.06. The highest BCUT2D eigenvalue weighted by atomic mass is 32.1. The molecule has 1 saturated heterocycles. The van der Waals surface area contributed by atoms with Crippen LogP contribution in [0.3, 0.4) is 0 Å². The molecule has 9 heteroatoms. The van der Waals surface area contributed by atoms with E-state index in [1.54, 1.807) is 0 Å². The molecule has 0 bridgehead atoms. The van der Waals surface area contributed by atoms with E-state index in [4.69, 9.17) is 4.74 Å². The molecular formula is C15H13N3O5S. The van der Waals surface area contributed by atoms with E-state index >= 15 is 0 Å². The van der Waals surface area contributed by atoms with Crippen molar-refractivity contribution >= 4 is 29.0 Å². The Bertz CT molecular complexity index is 790. The topological polar surface area (TPSA) is 102 Å². The van der Waals surface area contributed by atoms with Gasteiger partial charge in [-0.1, -0.05) is 6.07 Å². The second kappa shape index (κ2) is 6.67. The molecule has 1 aliphatic heterocycles. The van der Waals surface area contributed by atoms with Crippen molar-refractivity contribution in [3.05, 3.63) is 45.8 Å². The monoisotopic (exact) mass is 347 g/mol. The Hall–Kier alpha value is -2.94. The average molecular weight is 347 g/mol. The molecule has 1 aromatic carbocycles. The maximum Gasteiger partial charge on any atom is 0.324 e. The van der Waals surface area contributed by atoms with Crippen LogP contribution in [0.4, 0.5) is 10.5 Å². The third kappa shape index (κ3) is 3.20. The van der Waals surface area contributed by atoms with Crippen molar-refractivity contribution in [3.8, 4) is 16.2 Å². The van der Waals surface area contributed by atoms with Gasteiger partial charge < -0.3 is 10.1 Å². The van der Waals surface area contributed by atoms with Crippen LogP contribution in [-0.4, -0.2) is 41.5 Å². The lowest BCUT2D eigenvalue weighted by atomic mass is 10.1. The van der Waals surface area contributed by atoms with Crippen LogP contribution in [0.2, 0.25) is 0 Å². The van der Waals surface area contributed by atoms with E-state index in [2.05, 4.69) is 5.32 Å². The smallest absolute Gasteiger partial charge is 0.324 e. The maximum atomic E-state index is 12.0. The Morgan fingerprint density at radius 1 is 1.42 bits per heavy atom. The Labute approximate surface area is 140 Å². The number of nitrogens with one attached hydrogen (secondary N) is 1. The van der Waals surface area contributed by atoms with Crippen LogP contribution in [0.15, 0.2) is 35.7 Å². The van der Waals surface area contributed by atoms with Crippen LogP contribution in [0, 0.1) is 10.1 Å². The number of nitro benzene ring substituents is 1. The molecule has 0 atom stereocenters. The summed E-state index contributed by atoms with van der Waals surface area (Å²) in [5.74, 6) is -0.100. The summed E-state index contributed by atoms with van der Waals surface area (Å²) in [6, 6.07) is 7.39. The fraction of sp³-hybridized carbons (Fsp3) is 0.200. The summed E-state index contributed by atoms with van der Waals surface area (Å²) < 4.78 is 5.53. The van der Waals surface area contributed by atoms with Crippen molar-refractivity contribution in [1.29, 1.82) is 0 Å². The number of amides is 3. The molecule has 0 spiro atoms. The van der Waals surface area contributed by atoms with Gasteiger partial charge in [0.1, 0.15) is 5.75 Å². The summed E-state index contributed by atoms with van der Waals surface area (Å²) in [6.45, 7) is 0.408. The van der Waals surface area contributed by atoms with E-state index in [0.29, 0.717) is 24.4 Å². The molecule has 0 saturated carbocycles. The van der Waals surface area contributed by atoms with Gasteiger partial charge in [-0.3, -0.25) is 19.8 Å². The third-order valence-corrected chi connectivity index (χ3v) is 4.37. The molecule has 3 amide bonds. The number of hydrogen-bond donors (Lipinski definition) is 1. The summed E-state index contributed by atoms with van der Waals surface area (Å²) in [4.78, 5) is 35.9. The minimum atomic E-state index is -0.486. The minimum absolute atomic E-state index is 0.0593. The number of ether oxygens (including phenoxy) is 1. The van der Waals surface area contributed by atoms with E-state index in [9.17, 15) is 19.7 Å². The van der Waals surface area contributed by atoms with Crippen molar-refractivity contribution in [2.24, 2.45) is 0 Å². The molecule has 1 aromatic heterocycles. The van der Waals surface area contributed by atoms with Crippen LogP contribution >= 0.6 is 11.3 Å². The Balaban J connectivity index is 1.81. The molecule has 2 heterocycles. The molecule has 1 N–H and O–H groups in total. The number of nitro groups is 1. The van der Waals surface area contributed by atoms with Crippen LogP contribution in [-0.2, 0) is 4.79 Å². The van der Waals surface area contributed by atoms with E-state index in [1.165, 1.54) is 29.5 Å². The number of carbonyl (C=O) groups excluding carboxylic acids is 2. The van der Waals surface area contributed by atoms with Crippen LogP contribution in [0.5, 0.6) is 5.75 Å². The van der Waals surface area contributed by atoms with Gasteiger partial charge in [0.2, 0.25) is 0 Å². The van der Waals surface area contributed by atoms with Gasteiger partial charge >= 0.3 is 6.03 Å². The van der Waals surface area contributed by atoms with Gasteiger partial charge in [-0.25, -0.2) is 4.79 Å². The zero-order valence-corrected chi connectivity index (χ0v) is 13.2. The lowest BCUT2D eigenvalue weighted by molar-refractivity contribution is -0.384. The first kappa shape index (κ1) is 15.9. The minimum Gasteiger partial charge on any atom is -0.483 e. The van der Waals surface area contributed by atoms with Gasteiger partial charge in [-0.05, 0) is 17.5 Å². The van der Waals surface area contributed by atoms with Crippen LogP contribution < -0.4 is 10.1 Å². The molecule has 0 unspecified atom stereocenters. The molecule has 3 rings (SSSR count). The van der Waals surface area contributed by atoms with Crippen molar-refractivity contribution in [3.63, 3.8) is 0 Å². The number of non-ortho nitro benzene ring substituents is 1. The fourth-order valence-electron chi connectivity index (χ4n) is 2.31. The van der Waals surface area contributed by atoms with Gasteiger partial charge in [-0.2, -0.15) is 0 Å². The van der Waals surface area contributed by atoms with Crippen LogP contribution in [0.1, 0.15) is 0 Å². The first-order valence-electron chi connectivity index (χ1n) is 7.09. The lowest BCUT2D eigenvalue weighted by Gasteiger charge is -2.14. The molecule has 1 fully saturated rings. The Morgan fingerprint density at radius 2 is 2.25 bits per heavy atom. The zero-order valence-electron chi connectivity index (χ0n) is 12.4. The second-order valence-corrected chi connectivity index (χ2v) is 5.93. The van der Waals surface area contributed by atoms with E-state index < -0.39 is 16.9 Å². The van der Waals surface area contributed by atoms with Gasteiger partial charge in [-0.15, -0.1) is 11.3 Å². The first-order valence-corrected chi connectivity index (χ1v) is 7.97. The highest BCUT2D eigenvalue weighted by molar-refractivity contribution is 7.13. The average Bonchev–Trinajstić information content (AvgIpc) is 3.23. The summed E-state index contributed by atoms with van der Waals surface area (Å²) in [6.07, 6.45) is 0. The predicted molar refractivity (Wildman–Crippen MR) is 87.0 cm³/mol. The number of carbonyl (C=O) groups is 2. The number of hydrogen-bond acceptors (Lipinski definition) is 6. The van der Waals surface area contributed by atoms with Gasteiger partial charge in [0, 0.05) is 35.7 Å². The van der Waals surface area contributed by atoms with Gasteiger partial charge in [0.15, 0.2) is 6.61 Å². The van der Waals surface area contributed by atoms with Crippen molar-refractivity contribution in [2.75, 3.05) is 19.7 Å². The number of benzene rings is 1. The first-order chi connectivity index (χ1) is 11.6. The molecule has 0 radical (unpaired) electrons. The highest BCUT2D eigenvalue weighted by Crippen LogP contribution is 2.36. The van der Waals surface area contributed by atoms with Gasteiger partial charge in [0.25, 0.3) is 11.6 Å². The molecule has 8 nitrogen and oxygen atoms in total. The normalized spacial score (nSPS) is 13.7. The van der Waals surface area contributed by atoms with E-state index in [0.717, 1.165) is 9.78 Å². The predicted octanol–water partition coefficient (Wildman–Crippen LogP) is 2.25. The molecule has 1 aliphatic rings. The van der Waals surface area contributed by atoms with Crippen LogP contribution in [0.25, 0.3) is 10.4 Å². The Morgan fingerprint density at radius 3 is 2.88 bits per heavy atom. The Kier molecular flexibility index (Phi) is 4.43. The summed E-state index contributed by atoms with van der Waals surface area (Å²) in [5.41, 5.74) is 0.480. The quantitative estimate of drug-likeness (QED) is 0.660. The third-order valence-electron chi connectivity index (χ3n) is 3.47. The zero-order chi connectivity index (χ0) is 17.1. The SMILES string of the molecule is O=C(COc1ccc([N+](=O)[O-])cc1-c1cccs1)N1CCNC1=O. The summed E-state index contributed by atoms with van der Waals surface area (Å²) >= 11 is 1.41. The number of imide groups is 1. The number of rotatable bonds is 5. The lowest BCUT2D eigenvalue weighted by Crippen LogP contribution is -2.37. The standard InChI is InChI=1S/C15H13N3O5S/c19-14(17-6-5-16-15(17)20)9-23-12-4-3-10(18(21)22)8-11(12)13-2-1-7-24-13/h1-4,7-8H,5-6,9H2,(H,16,20). The number of urea groups is 1. The van der Waals surface area contributed by atoms with E-state index in [-0.39, 0.29) is 12.3 Å². The maximum absolute atomic E-state index is 12.0. The van der Waals surface area contributed by atoms with Crippen molar-refractivity contribution in [1.82, 2.24) is 10.2 Å². The summed E-state index contributed by atoms with van der Waals surface area (Å²) in [5, 5.41) is 15.4. The van der Waals surface area contributed by atoms with Gasteiger partial charge in [0.05, 0.1) is 4.92 Å². The van der Waals surface area contributed by atoms with Crippen molar-refractivity contribution < 1.29 is 19.2 Å². The largest absolute Gasteiger partial charge is 0.483 e. The molecule has 124 valence electrons. The molecule has 2 aromatic rings. The molecule has 0 aliphatic carbocycles. The molecule has 24 heavy (non-hydrogen) atoms. The highest BCUT2D eigenvalue weighted by Gasteiger charge is 2.26.